The van der Waals surface area contributed by atoms with Crippen LogP contribution in [0.5, 0.6) is 0 Å². The van der Waals surface area contributed by atoms with Crippen LogP contribution in [0.4, 0.5) is 13.2 Å². The zero-order valence-corrected chi connectivity index (χ0v) is 11.6. The lowest BCUT2D eigenvalue weighted by molar-refractivity contribution is -0.137. The van der Waals surface area contributed by atoms with Gasteiger partial charge in [-0.15, -0.1) is 0 Å². The number of ketones is 1. The average Bonchev–Trinajstić information content (AvgIpc) is 2.45. The highest BCUT2D eigenvalue weighted by Crippen LogP contribution is 2.29. The van der Waals surface area contributed by atoms with Crippen LogP contribution >= 0.6 is 0 Å². The van der Waals surface area contributed by atoms with Gasteiger partial charge in [0, 0.05) is 12.0 Å². The molecule has 0 saturated heterocycles. The van der Waals surface area contributed by atoms with E-state index in [1.165, 1.54) is 12.1 Å². The van der Waals surface area contributed by atoms with E-state index in [-0.39, 0.29) is 12.2 Å². The van der Waals surface area contributed by atoms with Crippen LogP contribution < -0.4 is 0 Å². The molecule has 0 saturated carbocycles. The van der Waals surface area contributed by atoms with Crippen LogP contribution in [-0.4, -0.2) is 5.78 Å². The second-order valence-corrected chi connectivity index (χ2v) is 4.98. The van der Waals surface area contributed by atoms with Crippen LogP contribution in [0.15, 0.2) is 48.5 Å². The van der Waals surface area contributed by atoms with Crippen molar-refractivity contribution in [1.29, 1.82) is 0 Å². The summed E-state index contributed by atoms with van der Waals surface area (Å²) in [7, 11) is 0. The third-order valence-electron chi connectivity index (χ3n) is 3.30. The number of rotatable bonds is 4. The molecule has 0 amide bonds. The number of carbonyl (C=O) groups is 1. The molecule has 0 unspecified atom stereocenters. The van der Waals surface area contributed by atoms with E-state index in [2.05, 4.69) is 0 Å². The van der Waals surface area contributed by atoms with Gasteiger partial charge < -0.3 is 0 Å². The van der Waals surface area contributed by atoms with Gasteiger partial charge in [0.05, 0.1) is 5.56 Å². The summed E-state index contributed by atoms with van der Waals surface area (Å²) in [6, 6.07) is 12.2. The lowest BCUT2D eigenvalue weighted by Gasteiger charge is -2.07. The van der Waals surface area contributed by atoms with E-state index in [1.54, 1.807) is 0 Å². The van der Waals surface area contributed by atoms with Crippen molar-refractivity contribution >= 4 is 5.78 Å². The van der Waals surface area contributed by atoms with E-state index in [1.807, 2.05) is 31.2 Å². The maximum atomic E-state index is 12.4. The summed E-state index contributed by atoms with van der Waals surface area (Å²) in [5.41, 5.74) is 1.77. The molecule has 0 spiro atoms. The number of benzene rings is 2. The minimum absolute atomic E-state index is 0.149. The van der Waals surface area contributed by atoms with Crippen LogP contribution in [0.25, 0.3) is 0 Å². The molecule has 0 N–H and O–H groups in total. The number of alkyl halides is 3. The molecule has 0 aromatic heterocycles. The fourth-order valence-electron chi connectivity index (χ4n) is 2.00. The normalized spacial score (nSPS) is 11.4. The first-order valence-electron chi connectivity index (χ1n) is 6.62. The number of carbonyl (C=O) groups excluding carboxylic acids is 1. The molecule has 2 aromatic carbocycles. The van der Waals surface area contributed by atoms with E-state index in [4.69, 9.17) is 0 Å². The van der Waals surface area contributed by atoms with E-state index >= 15 is 0 Å². The molecule has 0 bridgehead atoms. The average molecular weight is 292 g/mol. The Labute approximate surface area is 121 Å². The highest BCUT2D eigenvalue weighted by atomic mass is 19.4. The third kappa shape index (κ3) is 4.18. The molecule has 2 rings (SSSR count). The first-order valence-corrected chi connectivity index (χ1v) is 6.62. The molecule has 2 aromatic rings. The van der Waals surface area contributed by atoms with Gasteiger partial charge in [0.15, 0.2) is 5.78 Å². The standard InChI is InChI=1S/C17H15F3O/c1-12-2-4-13(5-3-12)6-11-16(21)14-7-9-15(10-8-14)17(18,19)20/h2-5,7-10H,6,11H2,1H3. The van der Waals surface area contributed by atoms with Crippen LogP contribution in [0.3, 0.4) is 0 Å². The topological polar surface area (TPSA) is 17.1 Å². The van der Waals surface area contributed by atoms with Crippen molar-refractivity contribution in [2.45, 2.75) is 25.9 Å². The molecule has 21 heavy (non-hydrogen) atoms. The molecule has 0 heterocycles. The molecule has 0 atom stereocenters. The SMILES string of the molecule is Cc1ccc(CCC(=O)c2ccc(C(F)(F)F)cc2)cc1. The van der Waals surface area contributed by atoms with E-state index < -0.39 is 11.7 Å². The van der Waals surface area contributed by atoms with Crippen LogP contribution in [-0.2, 0) is 12.6 Å². The van der Waals surface area contributed by atoms with Crippen molar-refractivity contribution in [1.82, 2.24) is 0 Å². The zero-order chi connectivity index (χ0) is 15.5. The number of halogens is 3. The molecule has 0 aliphatic heterocycles. The number of hydrogen-bond acceptors (Lipinski definition) is 1. The lowest BCUT2D eigenvalue weighted by Crippen LogP contribution is -2.06. The quantitative estimate of drug-likeness (QED) is 0.738. The number of hydrogen-bond donors (Lipinski definition) is 0. The Morgan fingerprint density at radius 1 is 0.952 bits per heavy atom. The Morgan fingerprint density at radius 3 is 2.05 bits per heavy atom. The van der Waals surface area contributed by atoms with Gasteiger partial charge in [-0.1, -0.05) is 42.0 Å². The van der Waals surface area contributed by atoms with Gasteiger partial charge in [0.25, 0.3) is 0 Å². The maximum Gasteiger partial charge on any atom is 0.416 e. The van der Waals surface area contributed by atoms with Gasteiger partial charge in [0.2, 0.25) is 0 Å². The Hall–Kier alpha value is -2.10. The molecule has 110 valence electrons. The fourth-order valence-corrected chi connectivity index (χ4v) is 2.00. The first-order chi connectivity index (χ1) is 9.86. The minimum atomic E-state index is -4.37. The van der Waals surface area contributed by atoms with E-state index in [0.717, 1.165) is 23.3 Å². The second kappa shape index (κ2) is 6.12. The molecule has 0 aliphatic rings. The molecular weight excluding hydrogens is 277 g/mol. The highest BCUT2D eigenvalue weighted by molar-refractivity contribution is 5.96. The van der Waals surface area contributed by atoms with Gasteiger partial charge in [-0.3, -0.25) is 4.79 Å². The number of Topliss-reactive ketones (excluding diaryl/α,β-unsaturated/α-hetero) is 1. The Bertz CT molecular complexity index is 610. The summed E-state index contributed by atoms with van der Waals surface area (Å²) in [6.07, 6.45) is -3.50. The molecule has 0 fully saturated rings. The van der Waals surface area contributed by atoms with E-state index in [0.29, 0.717) is 12.0 Å². The zero-order valence-electron chi connectivity index (χ0n) is 11.6. The Balaban J connectivity index is 1.99. The van der Waals surface area contributed by atoms with E-state index in [9.17, 15) is 18.0 Å². The molecule has 4 heteroatoms. The molecule has 1 nitrogen and oxygen atoms in total. The van der Waals surface area contributed by atoms with Crippen LogP contribution in [0.1, 0.15) is 33.5 Å². The fraction of sp³-hybridized carbons (Fsp3) is 0.235. The molecular formula is C17H15F3O. The van der Waals surface area contributed by atoms with Gasteiger partial charge in [0.1, 0.15) is 0 Å². The molecule has 0 aliphatic carbocycles. The molecule has 0 radical (unpaired) electrons. The first kappa shape index (κ1) is 15.3. The summed E-state index contributed by atoms with van der Waals surface area (Å²) in [5.74, 6) is -0.149. The van der Waals surface area contributed by atoms with Gasteiger partial charge in [-0.25, -0.2) is 0 Å². The highest BCUT2D eigenvalue weighted by Gasteiger charge is 2.30. The van der Waals surface area contributed by atoms with Crippen molar-refractivity contribution in [3.05, 3.63) is 70.8 Å². The van der Waals surface area contributed by atoms with Crippen molar-refractivity contribution in [2.75, 3.05) is 0 Å². The predicted molar refractivity (Wildman–Crippen MR) is 75.3 cm³/mol. The summed E-state index contributed by atoms with van der Waals surface area (Å²) < 4.78 is 37.3. The Morgan fingerprint density at radius 2 is 1.52 bits per heavy atom. The third-order valence-corrected chi connectivity index (χ3v) is 3.30. The largest absolute Gasteiger partial charge is 0.416 e. The Kier molecular flexibility index (Phi) is 4.46. The minimum Gasteiger partial charge on any atom is -0.294 e. The van der Waals surface area contributed by atoms with Gasteiger partial charge in [-0.2, -0.15) is 13.2 Å². The summed E-state index contributed by atoms with van der Waals surface area (Å²) in [4.78, 5) is 12.0. The second-order valence-electron chi connectivity index (χ2n) is 4.98. The van der Waals surface area contributed by atoms with Crippen LogP contribution in [0, 0.1) is 6.92 Å². The van der Waals surface area contributed by atoms with Crippen molar-refractivity contribution in [3.8, 4) is 0 Å². The lowest BCUT2D eigenvalue weighted by atomic mass is 10.0. The number of aryl methyl sites for hydroxylation is 2. The van der Waals surface area contributed by atoms with Gasteiger partial charge >= 0.3 is 6.18 Å². The monoisotopic (exact) mass is 292 g/mol. The summed E-state index contributed by atoms with van der Waals surface area (Å²) >= 11 is 0. The van der Waals surface area contributed by atoms with Crippen molar-refractivity contribution in [2.24, 2.45) is 0 Å². The van der Waals surface area contributed by atoms with Crippen molar-refractivity contribution in [3.63, 3.8) is 0 Å². The maximum absolute atomic E-state index is 12.4. The van der Waals surface area contributed by atoms with Crippen molar-refractivity contribution < 1.29 is 18.0 Å². The van der Waals surface area contributed by atoms with Gasteiger partial charge in [-0.05, 0) is 31.0 Å². The van der Waals surface area contributed by atoms with Crippen LogP contribution in [0.2, 0.25) is 0 Å². The summed E-state index contributed by atoms with van der Waals surface area (Å²) in [6.45, 7) is 1.98. The summed E-state index contributed by atoms with van der Waals surface area (Å²) in [5, 5.41) is 0. The predicted octanol–water partition coefficient (Wildman–Crippen LogP) is 4.83. The smallest absolute Gasteiger partial charge is 0.294 e.